The molecule has 0 spiro atoms. The summed E-state index contributed by atoms with van der Waals surface area (Å²) >= 11 is 0. The molecule has 0 aliphatic carbocycles. The van der Waals surface area contributed by atoms with E-state index in [0.29, 0.717) is 22.8 Å². The Kier molecular flexibility index (Phi) is 7.71. The zero-order valence-electron chi connectivity index (χ0n) is 19.2. The van der Waals surface area contributed by atoms with Gasteiger partial charge in [-0.2, -0.15) is 0 Å². The lowest BCUT2D eigenvalue weighted by atomic mass is 10.1. The van der Waals surface area contributed by atoms with Crippen LogP contribution in [0.4, 0.5) is 17.1 Å². The van der Waals surface area contributed by atoms with Gasteiger partial charge in [-0.15, -0.1) is 0 Å². The number of hydrogen-bond acceptors (Lipinski definition) is 9. The van der Waals surface area contributed by atoms with Crippen LogP contribution >= 0.6 is 0 Å². The molecule has 1 heterocycles. The average Bonchev–Trinajstić information content (AvgIpc) is 3.10. The standard InChI is InChI=1S/C25H24N2O7/c1-31-21-11-6-5-10-19(21)26-18-13-12-16(23(28)32-2)15-20(18)27-14-8-7-9-17(24(29)33-3)22(27)25(30)34-4/h5-15,26H,1-4H3. The van der Waals surface area contributed by atoms with Crippen molar-refractivity contribution in [3.63, 3.8) is 0 Å². The van der Waals surface area contributed by atoms with Crippen LogP contribution in [-0.2, 0) is 23.8 Å². The number of ether oxygens (including phenoxy) is 4. The predicted octanol–water partition coefficient (Wildman–Crippen LogP) is 3.72. The summed E-state index contributed by atoms with van der Waals surface area (Å²) in [6.45, 7) is 0. The van der Waals surface area contributed by atoms with Crippen molar-refractivity contribution in [3.8, 4) is 5.75 Å². The number of para-hydroxylation sites is 2. The summed E-state index contributed by atoms with van der Waals surface area (Å²) in [5.41, 5.74) is 1.64. The molecule has 0 amide bonds. The fraction of sp³-hybridized carbons (Fsp3) is 0.160. The molecule has 0 radical (unpaired) electrons. The number of esters is 3. The molecule has 0 unspecified atom stereocenters. The van der Waals surface area contributed by atoms with Crippen molar-refractivity contribution in [2.45, 2.75) is 0 Å². The third kappa shape index (κ3) is 4.93. The number of nitrogens with one attached hydrogen (secondary N) is 1. The molecule has 2 aromatic carbocycles. The van der Waals surface area contributed by atoms with Crippen molar-refractivity contribution < 1.29 is 33.3 Å². The highest BCUT2D eigenvalue weighted by atomic mass is 16.5. The second kappa shape index (κ2) is 10.9. The fourth-order valence-electron chi connectivity index (χ4n) is 3.33. The maximum Gasteiger partial charge on any atom is 0.355 e. The molecule has 0 aromatic heterocycles. The number of nitrogens with zero attached hydrogens (tertiary/aromatic N) is 1. The molecular formula is C25H24N2O7. The van der Waals surface area contributed by atoms with Gasteiger partial charge >= 0.3 is 17.9 Å². The lowest BCUT2D eigenvalue weighted by Gasteiger charge is -2.26. The molecule has 0 saturated heterocycles. The van der Waals surface area contributed by atoms with E-state index in [2.05, 4.69) is 5.32 Å². The van der Waals surface area contributed by atoms with Gasteiger partial charge in [-0.1, -0.05) is 18.2 Å². The van der Waals surface area contributed by atoms with Crippen molar-refractivity contribution in [2.24, 2.45) is 0 Å². The molecule has 1 aliphatic heterocycles. The van der Waals surface area contributed by atoms with Crippen LogP contribution in [0.5, 0.6) is 5.75 Å². The fourth-order valence-corrected chi connectivity index (χ4v) is 3.33. The molecule has 0 fully saturated rings. The monoisotopic (exact) mass is 464 g/mol. The zero-order valence-corrected chi connectivity index (χ0v) is 19.2. The summed E-state index contributed by atoms with van der Waals surface area (Å²) in [6.07, 6.45) is 6.25. The van der Waals surface area contributed by atoms with Gasteiger partial charge in [0.2, 0.25) is 0 Å². The smallest absolute Gasteiger partial charge is 0.355 e. The van der Waals surface area contributed by atoms with Gasteiger partial charge in [-0.05, 0) is 42.5 Å². The summed E-state index contributed by atoms with van der Waals surface area (Å²) in [7, 11) is 5.24. The zero-order chi connectivity index (χ0) is 24.7. The van der Waals surface area contributed by atoms with Gasteiger partial charge in [-0.25, -0.2) is 14.4 Å². The molecule has 2 aromatic rings. The first kappa shape index (κ1) is 24.1. The Hall–Kier alpha value is -4.53. The van der Waals surface area contributed by atoms with E-state index < -0.39 is 17.9 Å². The minimum atomic E-state index is -0.775. The van der Waals surface area contributed by atoms with Crippen LogP contribution in [0.25, 0.3) is 0 Å². The van der Waals surface area contributed by atoms with Crippen LogP contribution in [0.15, 0.2) is 78.2 Å². The predicted molar refractivity (Wildman–Crippen MR) is 126 cm³/mol. The number of carbonyl (C=O) groups excluding carboxylic acids is 3. The molecule has 0 saturated carbocycles. The van der Waals surface area contributed by atoms with E-state index in [9.17, 15) is 14.4 Å². The molecule has 3 rings (SSSR count). The molecule has 9 heteroatoms. The number of carbonyl (C=O) groups is 3. The van der Waals surface area contributed by atoms with E-state index in [-0.39, 0.29) is 16.8 Å². The maximum absolute atomic E-state index is 12.8. The third-order valence-corrected chi connectivity index (χ3v) is 4.94. The first-order chi connectivity index (χ1) is 16.4. The minimum Gasteiger partial charge on any atom is -0.495 e. The van der Waals surface area contributed by atoms with E-state index >= 15 is 0 Å². The lowest BCUT2D eigenvalue weighted by molar-refractivity contribution is -0.139. The molecule has 0 bridgehead atoms. The van der Waals surface area contributed by atoms with Gasteiger partial charge in [0.1, 0.15) is 11.4 Å². The second-order valence-electron chi connectivity index (χ2n) is 6.86. The Labute approximate surface area is 196 Å². The Morgan fingerprint density at radius 3 is 2.18 bits per heavy atom. The van der Waals surface area contributed by atoms with Gasteiger partial charge in [0.25, 0.3) is 0 Å². The highest BCUT2D eigenvalue weighted by Gasteiger charge is 2.29. The summed E-state index contributed by atoms with van der Waals surface area (Å²) in [6, 6.07) is 12.0. The van der Waals surface area contributed by atoms with Crippen LogP contribution in [0.3, 0.4) is 0 Å². The van der Waals surface area contributed by atoms with Crippen molar-refractivity contribution in [1.82, 2.24) is 0 Å². The molecular weight excluding hydrogens is 440 g/mol. The Balaban J connectivity index is 2.26. The van der Waals surface area contributed by atoms with Crippen molar-refractivity contribution in [1.29, 1.82) is 0 Å². The Morgan fingerprint density at radius 2 is 1.50 bits per heavy atom. The van der Waals surface area contributed by atoms with E-state index in [4.69, 9.17) is 18.9 Å². The van der Waals surface area contributed by atoms with E-state index in [1.165, 1.54) is 38.4 Å². The molecule has 1 aliphatic rings. The maximum atomic E-state index is 12.8. The van der Waals surface area contributed by atoms with Crippen LogP contribution in [-0.4, -0.2) is 46.3 Å². The van der Waals surface area contributed by atoms with Crippen molar-refractivity contribution in [2.75, 3.05) is 38.7 Å². The summed E-state index contributed by atoms with van der Waals surface area (Å²) in [5, 5.41) is 3.27. The lowest BCUT2D eigenvalue weighted by Crippen LogP contribution is -2.27. The van der Waals surface area contributed by atoms with E-state index in [0.717, 1.165) is 0 Å². The van der Waals surface area contributed by atoms with E-state index in [1.54, 1.807) is 43.7 Å². The summed E-state index contributed by atoms with van der Waals surface area (Å²) < 4.78 is 20.1. The van der Waals surface area contributed by atoms with Crippen molar-refractivity contribution >= 4 is 35.0 Å². The van der Waals surface area contributed by atoms with Crippen molar-refractivity contribution in [3.05, 3.63) is 83.7 Å². The number of allylic oxidation sites excluding steroid dienone is 2. The number of anilines is 3. The van der Waals surface area contributed by atoms with E-state index in [1.807, 2.05) is 18.2 Å². The van der Waals surface area contributed by atoms with Crippen LogP contribution in [0.2, 0.25) is 0 Å². The highest BCUT2D eigenvalue weighted by molar-refractivity contribution is 6.06. The van der Waals surface area contributed by atoms with Crippen LogP contribution in [0, 0.1) is 0 Å². The number of methoxy groups -OCH3 is 4. The molecule has 0 atom stereocenters. The van der Waals surface area contributed by atoms with Gasteiger partial charge < -0.3 is 29.2 Å². The molecule has 34 heavy (non-hydrogen) atoms. The number of hydrogen-bond donors (Lipinski definition) is 1. The normalized spacial score (nSPS) is 12.6. The molecule has 176 valence electrons. The summed E-state index contributed by atoms with van der Waals surface area (Å²) in [4.78, 5) is 39.1. The topological polar surface area (TPSA) is 103 Å². The SMILES string of the molecule is COC(=O)C1=C(C(=O)OC)N(c2cc(C(=O)OC)ccc2Nc2ccccc2OC)C=CC=C1. The summed E-state index contributed by atoms with van der Waals surface area (Å²) in [5.74, 6) is -1.49. The minimum absolute atomic E-state index is 0.0222. The second-order valence-corrected chi connectivity index (χ2v) is 6.86. The van der Waals surface area contributed by atoms with Crippen LogP contribution in [0.1, 0.15) is 10.4 Å². The Bertz CT molecular complexity index is 1200. The molecule has 1 N–H and O–H groups in total. The van der Waals surface area contributed by atoms with Gasteiger partial charge in [-0.3, -0.25) is 0 Å². The first-order valence-electron chi connectivity index (χ1n) is 10.1. The third-order valence-electron chi connectivity index (χ3n) is 4.94. The van der Waals surface area contributed by atoms with Gasteiger partial charge in [0.15, 0.2) is 0 Å². The number of benzene rings is 2. The number of rotatable bonds is 7. The van der Waals surface area contributed by atoms with Gasteiger partial charge in [0, 0.05) is 6.20 Å². The largest absolute Gasteiger partial charge is 0.495 e. The molecule has 9 nitrogen and oxygen atoms in total. The quantitative estimate of drug-likeness (QED) is 0.485. The van der Waals surface area contributed by atoms with Crippen LogP contribution < -0.4 is 15.0 Å². The highest BCUT2D eigenvalue weighted by Crippen LogP contribution is 2.37. The Morgan fingerprint density at radius 1 is 0.794 bits per heavy atom. The average molecular weight is 464 g/mol. The van der Waals surface area contributed by atoms with Gasteiger partial charge in [0.05, 0.1) is 56.6 Å². The first-order valence-corrected chi connectivity index (χ1v) is 10.1.